The number of benzene rings is 1. The van der Waals surface area contributed by atoms with Gasteiger partial charge in [-0.25, -0.2) is 0 Å². The first-order valence-corrected chi connectivity index (χ1v) is 6.44. The molecule has 1 aliphatic rings. The molecule has 0 bridgehead atoms. The van der Waals surface area contributed by atoms with E-state index in [9.17, 15) is 5.11 Å². The van der Waals surface area contributed by atoms with Crippen LogP contribution in [-0.4, -0.2) is 23.9 Å². The topological polar surface area (TPSA) is 29.5 Å². The fourth-order valence-electron chi connectivity index (χ4n) is 2.29. The molecule has 2 heteroatoms. The summed E-state index contributed by atoms with van der Waals surface area (Å²) in [6, 6.07) is 10.5. The predicted molar refractivity (Wildman–Crippen MR) is 68.9 cm³/mol. The van der Waals surface area contributed by atoms with Crippen LogP contribution in [-0.2, 0) is 11.2 Å². The quantitative estimate of drug-likeness (QED) is 0.794. The van der Waals surface area contributed by atoms with Crippen LogP contribution in [0.4, 0.5) is 0 Å². The Labute approximate surface area is 104 Å². The highest BCUT2D eigenvalue weighted by molar-refractivity contribution is 5.14. The smallest absolute Gasteiger partial charge is 0.0675 e. The lowest BCUT2D eigenvalue weighted by Crippen LogP contribution is -2.54. The highest BCUT2D eigenvalue weighted by Gasteiger charge is 2.47. The van der Waals surface area contributed by atoms with Gasteiger partial charge in [0.25, 0.3) is 0 Å². The Kier molecular flexibility index (Phi) is 3.85. The molecule has 0 amide bonds. The fourth-order valence-corrected chi connectivity index (χ4v) is 2.29. The van der Waals surface area contributed by atoms with Gasteiger partial charge >= 0.3 is 0 Å². The molecule has 0 aromatic heterocycles. The van der Waals surface area contributed by atoms with E-state index in [1.807, 2.05) is 6.07 Å². The molecule has 1 aromatic carbocycles. The molecular weight excluding hydrogens is 212 g/mol. The summed E-state index contributed by atoms with van der Waals surface area (Å²) in [5.74, 6) is 0. The van der Waals surface area contributed by atoms with Crippen molar-refractivity contribution in [2.24, 2.45) is 5.41 Å². The summed E-state index contributed by atoms with van der Waals surface area (Å²) in [4.78, 5) is 0. The minimum absolute atomic E-state index is 0.0628. The molecule has 0 radical (unpaired) electrons. The molecule has 94 valence electrons. The van der Waals surface area contributed by atoms with E-state index >= 15 is 0 Å². The van der Waals surface area contributed by atoms with Gasteiger partial charge in [-0.3, -0.25) is 0 Å². The number of hydrogen-bond donors (Lipinski definition) is 1. The van der Waals surface area contributed by atoms with Crippen LogP contribution in [0.1, 0.15) is 32.3 Å². The Bertz CT molecular complexity index is 345. The molecule has 2 unspecified atom stereocenters. The first-order valence-electron chi connectivity index (χ1n) is 6.44. The summed E-state index contributed by atoms with van der Waals surface area (Å²) in [6.07, 6.45) is 2.94. The molecule has 0 saturated heterocycles. The van der Waals surface area contributed by atoms with Crippen LogP contribution < -0.4 is 0 Å². The minimum Gasteiger partial charge on any atom is -0.392 e. The minimum atomic E-state index is -0.193. The van der Waals surface area contributed by atoms with Crippen molar-refractivity contribution in [1.29, 1.82) is 0 Å². The monoisotopic (exact) mass is 234 g/mol. The molecule has 2 rings (SSSR count). The lowest BCUT2D eigenvalue weighted by Gasteiger charge is -2.48. The number of ether oxygens (including phenoxy) is 1. The zero-order chi connectivity index (χ0) is 12.3. The molecule has 0 spiro atoms. The number of aliphatic hydroxyl groups excluding tert-OH is 1. The van der Waals surface area contributed by atoms with E-state index < -0.39 is 0 Å². The van der Waals surface area contributed by atoms with Crippen LogP contribution in [0.2, 0.25) is 0 Å². The van der Waals surface area contributed by atoms with Crippen LogP contribution in [0.25, 0.3) is 0 Å². The lowest BCUT2D eigenvalue weighted by atomic mass is 9.66. The van der Waals surface area contributed by atoms with Crippen molar-refractivity contribution >= 4 is 0 Å². The number of hydrogen-bond acceptors (Lipinski definition) is 2. The first-order chi connectivity index (χ1) is 8.10. The normalized spacial score (nSPS) is 26.5. The molecular formula is C15H22O2. The average Bonchev–Trinajstić information content (AvgIpc) is 2.34. The summed E-state index contributed by atoms with van der Waals surface area (Å²) in [6.45, 7) is 4.93. The molecule has 1 saturated carbocycles. The molecule has 1 fully saturated rings. The van der Waals surface area contributed by atoms with Crippen molar-refractivity contribution in [3.63, 3.8) is 0 Å². The Morgan fingerprint density at radius 3 is 2.59 bits per heavy atom. The molecule has 1 N–H and O–H groups in total. The molecule has 0 aliphatic heterocycles. The zero-order valence-corrected chi connectivity index (χ0v) is 10.7. The maximum atomic E-state index is 9.60. The van der Waals surface area contributed by atoms with Gasteiger partial charge < -0.3 is 9.84 Å². The number of aryl methyl sites for hydroxylation is 1. The van der Waals surface area contributed by atoms with E-state index in [1.165, 1.54) is 5.56 Å². The van der Waals surface area contributed by atoms with Gasteiger partial charge in [-0.1, -0.05) is 44.2 Å². The maximum Gasteiger partial charge on any atom is 0.0675 e. The number of rotatable bonds is 5. The molecule has 1 aromatic rings. The van der Waals surface area contributed by atoms with Gasteiger partial charge in [-0.15, -0.1) is 0 Å². The average molecular weight is 234 g/mol. The van der Waals surface area contributed by atoms with E-state index in [1.54, 1.807) is 0 Å². The van der Waals surface area contributed by atoms with E-state index in [-0.39, 0.29) is 17.6 Å². The second-order valence-corrected chi connectivity index (χ2v) is 5.52. The van der Waals surface area contributed by atoms with Gasteiger partial charge in [-0.2, -0.15) is 0 Å². The molecule has 2 atom stereocenters. The highest BCUT2D eigenvalue weighted by Crippen LogP contribution is 2.42. The predicted octanol–water partition coefficient (Wildman–Crippen LogP) is 2.80. The van der Waals surface area contributed by atoms with Crippen LogP contribution in [0, 0.1) is 5.41 Å². The summed E-state index contributed by atoms with van der Waals surface area (Å²) in [5, 5.41) is 9.60. The van der Waals surface area contributed by atoms with Crippen molar-refractivity contribution in [3.8, 4) is 0 Å². The maximum absolute atomic E-state index is 9.60. The Balaban J connectivity index is 1.65. The van der Waals surface area contributed by atoms with Gasteiger partial charge in [0.2, 0.25) is 0 Å². The third kappa shape index (κ3) is 2.88. The van der Waals surface area contributed by atoms with Crippen LogP contribution in [0.15, 0.2) is 30.3 Å². The summed E-state index contributed by atoms with van der Waals surface area (Å²) in [5.41, 5.74) is 1.30. The third-order valence-corrected chi connectivity index (χ3v) is 3.90. The molecule has 1 aliphatic carbocycles. The van der Waals surface area contributed by atoms with Crippen LogP contribution in [0.5, 0.6) is 0 Å². The van der Waals surface area contributed by atoms with Gasteiger partial charge in [-0.05, 0) is 18.4 Å². The van der Waals surface area contributed by atoms with Crippen LogP contribution in [0.3, 0.4) is 0 Å². The Morgan fingerprint density at radius 1 is 1.29 bits per heavy atom. The van der Waals surface area contributed by atoms with Gasteiger partial charge in [0.05, 0.1) is 12.2 Å². The van der Waals surface area contributed by atoms with Gasteiger partial charge in [0, 0.05) is 18.4 Å². The fraction of sp³-hybridized carbons (Fsp3) is 0.600. The van der Waals surface area contributed by atoms with Crippen molar-refractivity contribution in [2.45, 2.75) is 45.3 Å². The van der Waals surface area contributed by atoms with Crippen LogP contribution >= 0.6 is 0 Å². The van der Waals surface area contributed by atoms with Crippen molar-refractivity contribution in [2.75, 3.05) is 6.61 Å². The second-order valence-electron chi connectivity index (χ2n) is 5.52. The standard InChI is InChI=1S/C15H22O2/c1-15(2)13(16)11-14(15)17-10-6-9-12-7-4-3-5-8-12/h3-5,7-8,13-14,16H,6,9-11H2,1-2H3. The zero-order valence-electron chi connectivity index (χ0n) is 10.7. The van der Waals surface area contributed by atoms with Gasteiger partial charge in [0.1, 0.15) is 0 Å². The Hall–Kier alpha value is -0.860. The molecule has 17 heavy (non-hydrogen) atoms. The lowest BCUT2D eigenvalue weighted by molar-refractivity contribution is -0.175. The number of aliphatic hydroxyl groups is 1. The van der Waals surface area contributed by atoms with E-state index in [2.05, 4.69) is 38.1 Å². The highest BCUT2D eigenvalue weighted by atomic mass is 16.5. The third-order valence-electron chi connectivity index (χ3n) is 3.90. The van der Waals surface area contributed by atoms with Gasteiger partial charge in [0.15, 0.2) is 0 Å². The second kappa shape index (κ2) is 5.19. The molecule has 0 heterocycles. The SMILES string of the molecule is CC1(C)C(O)CC1OCCCc1ccccc1. The van der Waals surface area contributed by atoms with Crippen molar-refractivity contribution in [3.05, 3.63) is 35.9 Å². The summed E-state index contributed by atoms with van der Waals surface area (Å²) >= 11 is 0. The summed E-state index contributed by atoms with van der Waals surface area (Å²) < 4.78 is 5.83. The molecule has 2 nitrogen and oxygen atoms in total. The largest absolute Gasteiger partial charge is 0.392 e. The van der Waals surface area contributed by atoms with Crippen molar-refractivity contribution in [1.82, 2.24) is 0 Å². The summed E-state index contributed by atoms with van der Waals surface area (Å²) in [7, 11) is 0. The van der Waals surface area contributed by atoms with E-state index in [0.717, 1.165) is 25.9 Å². The Morgan fingerprint density at radius 2 is 2.00 bits per heavy atom. The van der Waals surface area contributed by atoms with E-state index in [4.69, 9.17) is 4.74 Å². The van der Waals surface area contributed by atoms with E-state index in [0.29, 0.717) is 0 Å². The van der Waals surface area contributed by atoms with Crippen molar-refractivity contribution < 1.29 is 9.84 Å². The first kappa shape index (κ1) is 12.6.